The molecular weight excluding hydrogens is 252 g/mol. The van der Waals surface area contributed by atoms with E-state index < -0.39 is 0 Å². The number of carbonyl (C=O) groups is 1. The molecule has 0 radical (unpaired) electrons. The number of amides is 1. The van der Waals surface area contributed by atoms with E-state index in [4.69, 9.17) is 4.74 Å². The lowest BCUT2D eigenvalue weighted by atomic mass is 10.1. The predicted octanol–water partition coefficient (Wildman–Crippen LogP) is 2.90. The number of hydrogen-bond acceptors (Lipinski definition) is 3. The standard InChI is InChI=1S/C16H24N2O2/c1-3-20-15-9-7-14(8-10-15)17-13(2)16(19)18-11-5-4-6-12-18/h7-10,13,17H,3-6,11-12H2,1-2H3. The summed E-state index contributed by atoms with van der Waals surface area (Å²) in [6, 6.07) is 7.55. The molecule has 4 heteroatoms. The van der Waals surface area contributed by atoms with Gasteiger partial charge in [0.2, 0.25) is 5.91 Å². The van der Waals surface area contributed by atoms with Crippen molar-refractivity contribution in [2.45, 2.75) is 39.2 Å². The van der Waals surface area contributed by atoms with Gasteiger partial charge in [-0.2, -0.15) is 0 Å². The van der Waals surface area contributed by atoms with Gasteiger partial charge in [0.25, 0.3) is 0 Å². The molecule has 1 aliphatic rings. The lowest BCUT2D eigenvalue weighted by molar-refractivity contribution is -0.132. The van der Waals surface area contributed by atoms with Crippen LogP contribution in [0.5, 0.6) is 5.75 Å². The SMILES string of the molecule is CCOc1ccc(NC(C)C(=O)N2CCCCC2)cc1. The summed E-state index contributed by atoms with van der Waals surface area (Å²) in [5.74, 6) is 1.05. The first-order valence-electron chi connectivity index (χ1n) is 7.49. The maximum Gasteiger partial charge on any atom is 0.244 e. The van der Waals surface area contributed by atoms with E-state index in [-0.39, 0.29) is 11.9 Å². The van der Waals surface area contributed by atoms with E-state index in [0.29, 0.717) is 6.61 Å². The van der Waals surface area contributed by atoms with Gasteiger partial charge in [0, 0.05) is 18.8 Å². The Morgan fingerprint density at radius 3 is 2.50 bits per heavy atom. The van der Waals surface area contributed by atoms with E-state index in [1.54, 1.807) is 0 Å². The van der Waals surface area contributed by atoms with Crippen molar-refractivity contribution in [1.82, 2.24) is 4.90 Å². The molecule has 1 N–H and O–H groups in total. The van der Waals surface area contributed by atoms with Gasteiger partial charge in [-0.1, -0.05) is 0 Å². The second-order valence-corrected chi connectivity index (χ2v) is 5.21. The topological polar surface area (TPSA) is 41.6 Å². The molecule has 4 nitrogen and oxygen atoms in total. The summed E-state index contributed by atoms with van der Waals surface area (Å²) in [7, 11) is 0. The molecule has 0 aromatic heterocycles. The highest BCUT2D eigenvalue weighted by Crippen LogP contribution is 2.17. The zero-order valence-corrected chi connectivity index (χ0v) is 12.4. The summed E-state index contributed by atoms with van der Waals surface area (Å²) in [4.78, 5) is 14.3. The van der Waals surface area contributed by atoms with Crippen LogP contribution in [0.1, 0.15) is 33.1 Å². The molecule has 0 spiro atoms. The van der Waals surface area contributed by atoms with E-state index in [1.807, 2.05) is 43.0 Å². The summed E-state index contributed by atoms with van der Waals surface area (Å²) in [5, 5.41) is 3.26. The quantitative estimate of drug-likeness (QED) is 0.899. The summed E-state index contributed by atoms with van der Waals surface area (Å²) in [6.07, 6.45) is 3.49. The first-order chi connectivity index (χ1) is 9.70. The molecule has 1 unspecified atom stereocenters. The van der Waals surface area contributed by atoms with Gasteiger partial charge in [0.05, 0.1) is 6.61 Å². The maximum absolute atomic E-state index is 12.3. The Balaban J connectivity index is 1.89. The smallest absolute Gasteiger partial charge is 0.244 e. The molecule has 20 heavy (non-hydrogen) atoms. The third-order valence-corrected chi connectivity index (χ3v) is 3.59. The number of hydrogen-bond donors (Lipinski definition) is 1. The Morgan fingerprint density at radius 2 is 1.90 bits per heavy atom. The second-order valence-electron chi connectivity index (χ2n) is 5.21. The van der Waals surface area contributed by atoms with Gasteiger partial charge >= 0.3 is 0 Å². The minimum absolute atomic E-state index is 0.189. The molecule has 0 bridgehead atoms. The van der Waals surface area contributed by atoms with E-state index in [0.717, 1.165) is 37.4 Å². The number of anilines is 1. The average molecular weight is 276 g/mol. The Bertz CT molecular complexity index is 425. The number of rotatable bonds is 5. The van der Waals surface area contributed by atoms with Crippen LogP contribution in [0, 0.1) is 0 Å². The Labute approximate surface area is 121 Å². The first kappa shape index (κ1) is 14.7. The highest BCUT2D eigenvalue weighted by Gasteiger charge is 2.21. The number of ether oxygens (including phenoxy) is 1. The zero-order chi connectivity index (χ0) is 14.4. The number of nitrogens with one attached hydrogen (secondary N) is 1. The van der Waals surface area contributed by atoms with Crippen LogP contribution in [0.2, 0.25) is 0 Å². The molecule has 1 aromatic rings. The number of likely N-dealkylation sites (tertiary alicyclic amines) is 1. The van der Waals surface area contributed by atoms with Gasteiger partial charge in [-0.3, -0.25) is 4.79 Å². The molecule has 1 saturated heterocycles. The fraction of sp³-hybridized carbons (Fsp3) is 0.562. The van der Waals surface area contributed by atoms with Crippen LogP contribution in [0.25, 0.3) is 0 Å². The Hall–Kier alpha value is -1.71. The molecule has 1 aromatic carbocycles. The molecule has 1 aliphatic heterocycles. The lowest BCUT2D eigenvalue weighted by Crippen LogP contribution is -2.43. The lowest BCUT2D eigenvalue weighted by Gasteiger charge is -2.29. The van der Waals surface area contributed by atoms with Crippen LogP contribution < -0.4 is 10.1 Å². The fourth-order valence-corrected chi connectivity index (χ4v) is 2.51. The summed E-state index contributed by atoms with van der Waals surface area (Å²) in [5.41, 5.74) is 0.950. The van der Waals surface area contributed by atoms with Gasteiger partial charge in [0.15, 0.2) is 0 Å². The second kappa shape index (κ2) is 7.17. The van der Waals surface area contributed by atoms with Gasteiger partial charge in [-0.05, 0) is 57.4 Å². The summed E-state index contributed by atoms with van der Waals surface area (Å²) >= 11 is 0. The van der Waals surface area contributed by atoms with Gasteiger partial charge in [-0.15, -0.1) is 0 Å². The van der Waals surface area contributed by atoms with Gasteiger partial charge in [0.1, 0.15) is 11.8 Å². The normalized spacial score (nSPS) is 16.6. The monoisotopic (exact) mass is 276 g/mol. The van der Waals surface area contributed by atoms with Crippen molar-refractivity contribution in [2.24, 2.45) is 0 Å². The van der Waals surface area contributed by atoms with Crippen LogP contribution in [-0.4, -0.2) is 36.5 Å². The van der Waals surface area contributed by atoms with Crippen molar-refractivity contribution in [3.8, 4) is 5.75 Å². The highest BCUT2D eigenvalue weighted by molar-refractivity contribution is 5.84. The molecule has 1 atom stereocenters. The molecule has 1 amide bonds. The maximum atomic E-state index is 12.3. The summed E-state index contributed by atoms with van der Waals surface area (Å²) < 4.78 is 5.41. The minimum Gasteiger partial charge on any atom is -0.494 e. The fourth-order valence-electron chi connectivity index (χ4n) is 2.51. The van der Waals surface area contributed by atoms with Crippen molar-refractivity contribution >= 4 is 11.6 Å². The van der Waals surface area contributed by atoms with Crippen molar-refractivity contribution in [2.75, 3.05) is 25.0 Å². The third kappa shape index (κ3) is 3.89. The highest BCUT2D eigenvalue weighted by atomic mass is 16.5. The number of nitrogens with zero attached hydrogens (tertiary/aromatic N) is 1. The molecule has 1 heterocycles. The molecular formula is C16H24N2O2. The summed E-state index contributed by atoms with van der Waals surface area (Å²) in [6.45, 7) is 6.35. The largest absolute Gasteiger partial charge is 0.494 e. The van der Waals surface area contributed by atoms with Crippen molar-refractivity contribution in [3.05, 3.63) is 24.3 Å². The Kier molecular flexibility index (Phi) is 5.27. The third-order valence-electron chi connectivity index (χ3n) is 3.59. The van der Waals surface area contributed by atoms with Crippen molar-refractivity contribution in [1.29, 1.82) is 0 Å². The van der Waals surface area contributed by atoms with E-state index >= 15 is 0 Å². The average Bonchev–Trinajstić information content (AvgIpc) is 2.49. The number of piperidine rings is 1. The molecule has 2 rings (SSSR count). The molecule has 1 fully saturated rings. The van der Waals surface area contributed by atoms with Crippen LogP contribution in [0.3, 0.4) is 0 Å². The van der Waals surface area contributed by atoms with Crippen LogP contribution in [-0.2, 0) is 4.79 Å². The molecule has 0 saturated carbocycles. The van der Waals surface area contributed by atoms with Crippen molar-refractivity contribution < 1.29 is 9.53 Å². The van der Waals surface area contributed by atoms with Crippen molar-refractivity contribution in [3.63, 3.8) is 0 Å². The van der Waals surface area contributed by atoms with Crippen LogP contribution in [0.15, 0.2) is 24.3 Å². The van der Waals surface area contributed by atoms with E-state index in [9.17, 15) is 4.79 Å². The van der Waals surface area contributed by atoms with Crippen LogP contribution in [0.4, 0.5) is 5.69 Å². The number of carbonyl (C=O) groups excluding carboxylic acids is 1. The molecule has 110 valence electrons. The van der Waals surface area contributed by atoms with Crippen LogP contribution >= 0.6 is 0 Å². The Morgan fingerprint density at radius 1 is 1.25 bits per heavy atom. The zero-order valence-electron chi connectivity index (χ0n) is 12.4. The van der Waals surface area contributed by atoms with E-state index in [1.165, 1.54) is 6.42 Å². The van der Waals surface area contributed by atoms with E-state index in [2.05, 4.69) is 5.32 Å². The predicted molar refractivity (Wildman–Crippen MR) is 81.1 cm³/mol. The molecule has 0 aliphatic carbocycles. The first-order valence-corrected chi connectivity index (χ1v) is 7.49. The number of benzene rings is 1. The minimum atomic E-state index is -0.189. The van der Waals surface area contributed by atoms with Gasteiger partial charge in [-0.25, -0.2) is 0 Å². The van der Waals surface area contributed by atoms with Gasteiger partial charge < -0.3 is 15.0 Å².